The Kier molecular flexibility index (Phi) is 10.4. The van der Waals surface area contributed by atoms with Crippen LogP contribution in [-0.2, 0) is 19.8 Å². The van der Waals surface area contributed by atoms with Gasteiger partial charge in [0.2, 0.25) is 5.88 Å². The van der Waals surface area contributed by atoms with Gasteiger partial charge in [0.1, 0.15) is 17.1 Å². The van der Waals surface area contributed by atoms with Gasteiger partial charge in [0.15, 0.2) is 0 Å². The number of carbonyl (C=O) groups is 2. The molecule has 0 aliphatic carbocycles. The van der Waals surface area contributed by atoms with Crippen LogP contribution in [0.1, 0.15) is 37.5 Å². The van der Waals surface area contributed by atoms with Crippen LogP contribution in [0.15, 0.2) is 91.1 Å². The van der Waals surface area contributed by atoms with Gasteiger partial charge in [0, 0.05) is 64.0 Å². The van der Waals surface area contributed by atoms with E-state index in [1.54, 1.807) is 30.3 Å². The van der Waals surface area contributed by atoms with E-state index >= 15 is 0 Å². The van der Waals surface area contributed by atoms with Gasteiger partial charge < -0.3 is 19.1 Å². The van der Waals surface area contributed by atoms with Crippen LogP contribution >= 0.6 is 17.0 Å². The highest BCUT2D eigenvalue weighted by Gasteiger charge is 2.31. The number of piperazine rings is 1. The van der Waals surface area contributed by atoms with Crippen LogP contribution in [0.25, 0.3) is 10.9 Å². The Morgan fingerprint density at radius 1 is 0.959 bits per heavy atom. The Morgan fingerprint density at radius 2 is 1.65 bits per heavy atom. The van der Waals surface area contributed by atoms with E-state index in [2.05, 4.69) is 16.0 Å². The van der Waals surface area contributed by atoms with E-state index in [0.717, 1.165) is 41.9 Å². The van der Waals surface area contributed by atoms with Gasteiger partial charge in [0.25, 0.3) is 11.8 Å². The fourth-order valence-corrected chi connectivity index (χ4v) is 5.77. The molecule has 3 heterocycles. The SMILES string of the molecule is Br.CN(C(=O)c1ccc(C(F)(F)F)cc1)c1cccnc1Oc1cccc2c1cc(C(=O)N1CCN(Cc3ccc(C#N)cc3)CC1)n2C. The van der Waals surface area contributed by atoms with E-state index in [1.807, 2.05) is 46.8 Å². The average molecular weight is 734 g/mol. The molecule has 252 valence electrons. The zero-order valence-electron chi connectivity index (χ0n) is 26.6. The van der Waals surface area contributed by atoms with Crippen molar-refractivity contribution in [3.05, 3.63) is 119 Å². The Bertz CT molecular complexity index is 2020. The third kappa shape index (κ3) is 7.45. The average Bonchev–Trinajstić information content (AvgIpc) is 3.44. The summed E-state index contributed by atoms with van der Waals surface area (Å²) in [6.07, 6.45) is -3.00. The van der Waals surface area contributed by atoms with Crippen molar-refractivity contribution in [1.82, 2.24) is 19.4 Å². The molecule has 1 aliphatic rings. The number of nitriles is 1. The molecule has 0 bridgehead atoms. The largest absolute Gasteiger partial charge is 0.436 e. The predicted molar refractivity (Wildman–Crippen MR) is 184 cm³/mol. The van der Waals surface area contributed by atoms with Crippen LogP contribution in [0.2, 0.25) is 0 Å². The lowest BCUT2D eigenvalue weighted by Crippen LogP contribution is -2.48. The molecular weight excluding hydrogens is 701 g/mol. The molecule has 1 aliphatic heterocycles. The summed E-state index contributed by atoms with van der Waals surface area (Å²) in [5, 5.41) is 9.71. The number of aryl methyl sites for hydroxylation is 1. The van der Waals surface area contributed by atoms with Gasteiger partial charge >= 0.3 is 6.18 Å². The van der Waals surface area contributed by atoms with E-state index in [4.69, 9.17) is 10.00 Å². The maximum absolute atomic E-state index is 13.7. The van der Waals surface area contributed by atoms with Crippen molar-refractivity contribution in [2.75, 3.05) is 38.1 Å². The lowest BCUT2D eigenvalue weighted by Gasteiger charge is -2.34. The number of fused-ring (bicyclic) bond motifs is 1. The number of ether oxygens (including phenoxy) is 1. The first-order valence-corrected chi connectivity index (χ1v) is 15.2. The number of pyridine rings is 1. The molecule has 0 spiro atoms. The van der Waals surface area contributed by atoms with E-state index < -0.39 is 17.6 Å². The zero-order valence-corrected chi connectivity index (χ0v) is 28.4. The first-order valence-electron chi connectivity index (χ1n) is 15.2. The monoisotopic (exact) mass is 732 g/mol. The summed E-state index contributed by atoms with van der Waals surface area (Å²) in [5.41, 5.74) is 2.54. The van der Waals surface area contributed by atoms with Crippen molar-refractivity contribution in [2.45, 2.75) is 12.7 Å². The van der Waals surface area contributed by atoms with Gasteiger partial charge in [-0.2, -0.15) is 18.4 Å². The Balaban J connectivity index is 0.00000468. The van der Waals surface area contributed by atoms with Crippen LogP contribution in [0, 0.1) is 11.3 Å². The van der Waals surface area contributed by atoms with Crippen LogP contribution in [0.3, 0.4) is 0 Å². The third-order valence-corrected chi connectivity index (χ3v) is 8.50. The highest BCUT2D eigenvalue weighted by Crippen LogP contribution is 2.36. The first kappa shape index (κ1) is 35.1. The second kappa shape index (κ2) is 14.5. The topological polar surface area (TPSA) is 94.7 Å². The van der Waals surface area contributed by atoms with Gasteiger partial charge in [-0.05, 0) is 72.3 Å². The minimum absolute atomic E-state index is 0. The van der Waals surface area contributed by atoms with Crippen molar-refractivity contribution < 1.29 is 27.5 Å². The molecular formula is C36H32BrF3N6O3. The molecule has 2 aromatic heterocycles. The van der Waals surface area contributed by atoms with Gasteiger partial charge in [-0.25, -0.2) is 4.98 Å². The number of aromatic nitrogens is 2. The van der Waals surface area contributed by atoms with Crippen molar-refractivity contribution in [3.63, 3.8) is 0 Å². The van der Waals surface area contributed by atoms with Gasteiger partial charge in [-0.3, -0.25) is 14.5 Å². The highest BCUT2D eigenvalue weighted by molar-refractivity contribution is 8.93. The second-order valence-electron chi connectivity index (χ2n) is 11.5. The quantitative estimate of drug-likeness (QED) is 0.178. The summed E-state index contributed by atoms with van der Waals surface area (Å²) < 4.78 is 47.2. The number of hydrogen-bond acceptors (Lipinski definition) is 6. The predicted octanol–water partition coefficient (Wildman–Crippen LogP) is 7.07. The number of halogens is 4. The molecule has 0 N–H and O–H groups in total. The standard InChI is InChI=1S/C36H31F3N6O3.BrH/c1-42-29-5-3-7-32(48-33-30(6-4-16-41-33)43(2)34(46)26-12-14-27(15-13-26)36(37,38)39)28(29)21-31(42)35(47)45-19-17-44(18-20-45)23-25-10-8-24(22-40)9-11-25;/h3-16,21H,17-20,23H2,1-2H3;1H. The van der Waals surface area contributed by atoms with Crippen molar-refractivity contribution in [1.29, 1.82) is 5.26 Å². The summed E-state index contributed by atoms with van der Waals surface area (Å²) in [6.45, 7) is 3.30. The second-order valence-corrected chi connectivity index (χ2v) is 11.5. The number of carbonyl (C=O) groups excluding carboxylic acids is 2. The molecule has 2 amide bonds. The molecule has 9 nitrogen and oxygen atoms in total. The summed E-state index contributed by atoms with van der Waals surface area (Å²) in [6, 6.07) is 24.1. The lowest BCUT2D eigenvalue weighted by molar-refractivity contribution is -0.137. The molecule has 0 saturated carbocycles. The Morgan fingerprint density at radius 3 is 2.31 bits per heavy atom. The number of nitrogens with zero attached hydrogens (tertiary/aromatic N) is 6. The summed E-state index contributed by atoms with van der Waals surface area (Å²) in [5.74, 6) is -0.102. The minimum atomic E-state index is -4.51. The maximum atomic E-state index is 13.7. The van der Waals surface area contributed by atoms with E-state index in [9.17, 15) is 22.8 Å². The van der Waals surface area contributed by atoms with Gasteiger partial charge in [0.05, 0.1) is 22.7 Å². The summed E-state index contributed by atoms with van der Waals surface area (Å²) in [4.78, 5) is 36.7. The lowest BCUT2D eigenvalue weighted by atomic mass is 10.1. The molecule has 0 radical (unpaired) electrons. The zero-order chi connectivity index (χ0) is 34.0. The van der Waals surface area contributed by atoms with E-state index in [1.165, 1.54) is 18.1 Å². The van der Waals surface area contributed by atoms with Crippen LogP contribution in [0.5, 0.6) is 11.6 Å². The number of rotatable bonds is 7. The molecule has 0 unspecified atom stereocenters. The molecule has 13 heteroatoms. The van der Waals surface area contributed by atoms with Crippen LogP contribution < -0.4 is 9.64 Å². The van der Waals surface area contributed by atoms with Crippen LogP contribution in [-0.4, -0.2) is 64.4 Å². The maximum Gasteiger partial charge on any atom is 0.416 e. The first-order chi connectivity index (χ1) is 23.0. The molecule has 3 aromatic carbocycles. The molecule has 1 saturated heterocycles. The van der Waals surface area contributed by atoms with Crippen molar-refractivity contribution in [2.24, 2.45) is 7.05 Å². The fraction of sp³-hybridized carbons (Fsp3) is 0.222. The van der Waals surface area contributed by atoms with Crippen LogP contribution in [0.4, 0.5) is 18.9 Å². The summed E-state index contributed by atoms with van der Waals surface area (Å²) in [7, 11) is 3.32. The van der Waals surface area contributed by atoms with E-state index in [-0.39, 0.29) is 34.3 Å². The third-order valence-electron chi connectivity index (χ3n) is 8.50. The fourth-order valence-electron chi connectivity index (χ4n) is 5.77. The summed E-state index contributed by atoms with van der Waals surface area (Å²) >= 11 is 0. The molecule has 49 heavy (non-hydrogen) atoms. The van der Waals surface area contributed by atoms with Crippen molar-refractivity contribution >= 4 is 45.4 Å². The minimum Gasteiger partial charge on any atom is -0.436 e. The number of hydrogen-bond donors (Lipinski definition) is 0. The number of amides is 2. The number of alkyl halides is 3. The van der Waals surface area contributed by atoms with Crippen molar-refractivity contribution in [3.8, 4) is 17.7 Å². The normalized spacial score (nSPS) is 13.4. The highest BCUT2D eigenvalue weighted by atomic mass is 79.9. The number of benzene rings is 3. The Labute approximate surface area is 291 Å². The van der Waals surface area contributed by atoms with Gasteiger partial charge in [-0.1, -0.05) is 18.2 Å². The smallest absolute Gasteiger partial charge is 0.416 e. The molecule has 1 fully saturated rings. The Hall–Kier alpha value is -5.19. The molecule has 5 aromatic rings. The number of anilines is 1. The molecule has 0 atom stereocenters. The molecule has 6 rings (SSSR count). The van der Waals surface area contributed by atoms with Gasteiger partial charge in [-0.15, -0.1) is 17.0 Å². The van der Waals surface area contributed by atoms with E-state index in [0.29, 0.717) is 54.3 Å².